The smallest absolute Gasteiger partial charge is 0.124 e. The minimum Gasteiger partial charge on any atom is -0.496 e. The van der Waals surface area contributed by atoms with Crippen molar-refractivity contribution < 1.29 is 14.6 Å². The lowest BCUT2D eigenvalue weighted by molar-refractivity contribution is 0.115. The van der Waals surface area contributed by atoms with Crippen LogP contribution in [-0.2, 0) is 11.3 Å². The molecule has 0 aliphatic heterocycles. The molecule has 1 rings (SSSR count). The van der Waals surface area contributed by atoms with E-state index in [0.29, 0.717) is 6.61 Å². The van der Waals surface area contributed by atoms with Crippen LogP contribution in [-0.4, -0.2) is 25.4 Å². The number of benzene rings is 1. The Bertz CT molecular complexity index is 443. The van der Waals surface area contributed by atoms with E-state index in [1.54, 1.807) is 7.11 Å². The summed E-state index contributed by atoms with van der Waals surface area (Å²) in [6, 6.07) is 5.72. The Morgan fingerprint density at radius 2 is 2.05 bits per heavy atom. The van der Waals surface area contributed by atoms with Crippen molar-refractivity contribution in [2.24, 2.45) is 0 Å². The predicted molar refractivity (Wildman–Crippen MR) is 80.8 cm³/mol. The van der Waals surface area contributed by atoms with E-state index in [4.69, 9.17) is 14.6 Å². The van der Waals surface area contributed by atoms with Gasteiger partial charge in [-0.25, -0.2) is 0 Å². The van der Waals surface area contributed by atoms with Crippen molar-refractivity contribution in [3.05, 3.63) is 29.3 Å². The van der Waals surface area contributed by atoms with Gasteiger partial charge in [-0.2, -0.15) is 0 Å². The van der Waals surface area contributed by atoms with Crippen molar-refractivity contribution in [2.75, 3.05) is 20.3 Å². The molecule has 1 N–H and O–H groups in total. The van der Waals surface area contributed by atoms with Crippen LogP contribution in [0.15, 0.2) is 18.2 Å². The average molecular weight is 276 g/mol. The molecule has 0 saturated carbocycles. The number of rotatable bonds is 8. The van der Waals surface area contributed by atoms with Crippen molar-refractivity contribution in [1.82, 2.24) is 0 Å². The fraction of sp³-hybridized carbons (Fsp3) is 0.529. The maximum absolute atomic E-state index is 8.72. The van der Waals surface area contributed by atoms with E-state index >= 15 is 0 Å². The van der Waals surface area contributed by atoms with Crippen LogP contribution >= 0.6 is 0 Å². The average Bonchev–Trinajstić information content (AvgIpc) is 2.48. The van der Waals surface area contributed by atoms with E-state index in [9.17, 15) is 0 Å². The van der Waals surface area contributed by atoms with Gasteiger partial charge in [0, 0.05) is 17.7 Å². The van der Waals surface area contributed by atoms with Crippen molar-refractivity contribution in [3.63, 3.8) is 0 Å². The third kappa shape index (κ3) is 6.10. The normalized spacial score (nSPS) is 9.95. The fourth-order valence-corrected chi connectivity index (χ4v) is 1.92. The highest BCUT2D eigenvalue weighted by Gasteiger charge is 2.04. The first kappa shape index (κ1) is 16.6. The van der Waals surface area contributed by atoms with E-state index in [1.165, 1.54) is 19.3 Å². The summed E-state index contributed by atoms with van der Waals surface area (Å²) in [6.45, 7) is 3.37. The van der Waals surface area contributed by atoms with Crippen LogP contribution in [0.4, 0.5) is 0 Å². The molecule has 0 amide bonds. The number of aliphatic hydroxyl groups is 1. The second kappa shape index (κ2) is 10.3. The van der Waals surface area contributed by atoms with E-state index in [1.807, 2.05) is 18.2 Å². The highest BCUT2D eigenvalue weighted by Crippen LogP contribution is 2.20. The second-order valence-corrected chi connectivity index (χ2v) is 4.60. The molecule has 1 aromatic carbocycles. The van der Waals surface area contributed by atoms with Crippen LogP contribution in [0.1, 0.15) is 43.7 Å². The molecular formula is C17H24O3. The molecule has 0 radical (unpaired) electrons. The van der Waals surface area contributed by atoms with Crippen molar-refractivity contribution in [1.29, 1.82) is 0 Å². The predicted octanol–water partition coefficient (Wildman–Crippen LogP) is 3.14. The molecule has 0 saturated heterocycles. The molecule has 0 aromatic heterocycles. The summed E-state index contributed by atoms with van der Waals surface area (Å²) in [7, 11) is 1.65. The summed E-state index contributed by atoms with van der Waals surface area (Å²) in [5.74, 6) is 6.35. The van der Waals surface area contributed by atoms with Crippen molar-refractivity contribution in [2.45, 2.75) is 39.2 Å². The first-order valence-electron chi connectivity index (χ1n) is 7.16. The maximum Gasteiger partial charge on any atom is 0.124 e. The molecule has 3 nitrogen and oxygen atoms in total. The van der Waals surface area contributed by atoms with Gasteiger partial charge in [0.25, 0.3) is 0 Å². The largest absolute Gasteiger partial charge is 0.496 e. The molecule has 0 spiro atoms. The van der Waals surface area contributed by atoms with Gasteiger partial charge >= 0.3 is 0 Å². The third-order valence-corrected chi connectivity index (χ3v) is 2.99. The van der Waals surface area contributed by atoms with Gasteiger partial charge < -0.3 is 14.6 Å². The zero-order chi connectivity index (χ0) is 14.6. The molecule has 0 aliphatic rings. The zero-order valence-electron chi connectivity index (χ0n) is 12.4. The lowest BCUT2D eigenvalue weighted by atomic mass is 10.1. The number of aliphatic hydroxyl groups excluding tert-OH is 1. The number of unbranched alkanes of at least 4 members (excludes halogenated alkanes) is 3. The standard InChI is InChI=1S/C17H24O3/c1-3-4-5-6-12-20-14-16-13-15(8-7-11-18)9-10-17(16)19-2/h9-10,13,18H,3-6,11-12,14H2,1-2H3. The van der Waals surface area contributed by atoms with Crippen LogP contribution in [0, 0.1) is 11.8 Å². The Morgan fingerprint density at radius 3 is 2.75 bits per heavy atom. The highest BCUT2D eigenvalue weighted by atomic mass is 16.5. The monoisotopic (exact) mass is 276 g/mol. The molecule has 0 unspecified atom stereocenters. The summed E-state index contributed by atoms with van der Waals surface area (Å²) in [6.07, 6.45) is 4.81. The SMILES string of the molecule is CCCCCCOCc1cc(C#CCO)ccc1OC. The number of methoxy groups -OCH3 is 1. The quantitative estimate of drug-likeness (QED) is 0.585. The molecule has 0 atom stereocenters. The lowest BCUT2D eigenvalue weighted by Gasteiger charge is -2.10. The Balaban J connectivity index is 2.53. The summed E-state index contributed by atoms with van der Waals surface area (Å²) in [5.41, 5.74) is 1.86. The minimum atomic E-state index is -0.130. The van der Waals surface area contributed by atoms with Crippen LogP contribution in [0.3, 0.4) is 0 Å². The van der Waals surface area contributed by atoms with Gasteiger partial charge in [-0.3, -0.25) is 0 Å². The molecule has 0 heterocycles. The first-order chi connectivity index (χ1) is 9.81. The van der Waals surface area contributed by atoms with Crippen LogP contribution in [0.2, 0.25) is 0 Å². The van der Waals surface area contributed by atoms with Gasteiger partial charge in [0.2, 0.25) is 0 Å². The number of hydrogen-bond acceptors (Lipinski definition) is 3. The van der Waals surface area contributed by atoms with E-state index in [0.717, 1.165) is 29.9 Å². The maximum atomic E-state index is 8.72. The molecule has 20 heavy (non-hydrogen) atoms. The topological polar surface area (TPSA) is 38.7 Å². The van der Waals surface area contributed by atoms with Gasteiger partial charge in [-0.1, -0.05) is 38.0 Å². The Hall–Kier alpha value is -1.50. The Labute approximate surface area is 121 Å². The molecule has 0 bridgehead atoms. The van der Waals surface area contributed by atoms with Gasteiger partial charge in [-0.05, 0) is 24.6 Å². The van der Waals surface area contributed by atoms with Gasteiger partial charge in [0.1, 0.15) is 12.4 Å². The number of ether oxygens (including phenoxy) is 2. The molecule has 110 valence electrons. The van der Waals surface area contributed by atoms with Crippen molar-refractivity contribution in [3.8, 4) is 17.6 Å². The summed E-state index contributed by atoms with van der Waals surface area (Å²) < 4.78 is 11.0. The third-order valence-electron chi connectivity index (χ3n) is 2.99. The van der Waals surface area contributed by atoms with Crippen LogP contribution in [0.5, 0.6) is 5.75 Å². The molecule has 3 heteroatoms. The minimum absolute atomic E-state index is 0.130. The van der Waals surface area contributed by atoms with Crippen LogP contribution < -0.4 is 4.74 Å². The van der Waals surface area contributed by atoms with Gasteiger partial charge in [0.15, 0.2) is 0 Å². The van der Waals surface area contributed by atoms with Crippen molar-refractivity contribution >= 4 is 0 Å². The first-order valence-corrected chi connectivity index (χ1v) is 7.16. The summed E-state index contributed by atoms with van der Waals surface area (Å²) in [4.78, 5) is 0. The lowest BCUT2D eigenvalue weighted by Crippen LogP contribution is -1.99. The fourth-order valence-electron chi connectivity index (χ4n) is 1.92. The summed E-state index contributed by atoms with van der Waals surface area (Å²) >= 11 is 0. The van der Waals surface area contributed by atoms with Gasteiger partial charge in [-0.15, -0.1) is 0 Å². The highest BCUT2D eigenvalue weighted by molar-refractivity contribution is 5.44. The van der Waals surface area contributed by atoms with E-state index < -0.39 is 0 Å². The number of hydrogen-bond donors (Lipinski definition) is 1. The van der Waals surface area contributed by atoms with E-state index in [2.05, 4.69) is 18.8 Å². The van der Waals surface area contributed by atoms with E-state index in [-0.39, 0.29) is 6.61 Å². The summed E-state index contributed by atoms with van der Waals surface area (Å²) in [5, 5.41) is 8.72. The van der Waals surface area contributed by atoms with Gasteiger partial charge in [0.05, 0.1) is 13.7 Å². The molecular weight excluding hydrogens is 252 g/mol. The van der Waals surface area contributed by atoms with Crippen LogP contribution in [0.25, 0.3) is 0 Å². The Kier molecular flexibility index (Phi) is 8.53. The molecule has 1 aromatic rings. The molecule has 0 fully saturated rings. The Morgan fingerprint density at radius 1 is 1.20 bits per heavy atom. The zero-order valence-corrected chi connectivity index (χ0v) is 12.4. The second-order valence-electron chi connectivity index (χ2n) is 4.60. The molecule has 0 aliphatic carbocycles.